The highest BCUT2D eigenvalue weighted by atomic mass is 79.9. The third kappa shape index (κ3) is 8.32. The van der Waals surface area contributed by atoms with Crippen molar-refractivity contribution in [2.45, 2.75) is 50.7 Å². The molecule has 0 saturated heterocycles. The summed E-state index contributed by atoms with van der Waals surface area (Å²) < 4.78 is 27.5. The normalized spacial score (nSPS) is 14.5. The van der Waals surface area contributed by atoms with Crippen LogP contribution in [0.25, 0.3) is 0 Å². The van der Waals surface area contributed by atoms with E-state index in [4.69, 9.17) is 11.6 Å². The zero-order chi connectivity index (χ0) is 28.7. The summed E-state index contributed by atoms with van der Waals surface area (Å²) in [7, 11) is -3.81. The zero-order valence-electron chi connectivity index (χ0n) is 22.3. The van der Waals surface area contributed by atoms with Crippen molar-refractivity contribution in [1.82, 2.24) is 10.2 Å². The van der Waals surface area contributed by atoms with E-state index in [-0.39, 0.29) is 24.9 Å². The highest BCUT2D eigenvalue weighted by Gasteiger charge is 2.34. The Morgan fingerprint density at radius 2 is 1.57 bits per heavy atom. The Hall–Kier alpha value is -2.88. The number of nitrogens with zero attached hydrogens (tertiary/aromatic N) is 2. The molecule has 1 saturated carbocycles. The number of benzene rings is 3. The van der Waals surface area contributed by atoms with Gasteiger partial charge in [-0.15, -0.1) is 0 Å². The fraction of sp³-hybridized carbons (Fsp3) is 0.333. The molecular weight excluding hydrogens is 614 g/mol. The number of nitrogens with one attached hydrogen (secondary N) is 1. The number of hydrogen-bond acceptors (Lipinski definition) is 4. The maximum atomic E-state index is 14.1. The predicted molar refractivity (Wildman–Crippen MR) is 163 cm³/mol. The van der Waals surface area contributed by atoms with Crippen LogP contribution in [0.15, 0.2) is 83.3 Å². The molecule has 40 heavy (non-hydrogen) atoms. The van der Waals surface area contributed by atoms with Crippen LogP contribution < -0.4 is 9.62 Å². The number of rotatable bonds is 11. The Morgan fingerprint density at radius 3 is 2.17 bits per heavy atom. The molecule has 1 fully saturated rings. The molecule has 0 aromatic heterocycles. The fourth-order valence-electron chi connectivity index (χ4n) is 4.93. The number of sulfonamides is 1. The van der Waals surface area contributed by atoms with Crippen molar-refractivity contribution in [3.8, 4) is 0 Å². The van der Waals surface area contributed by atoms with Crippen LogP contribution in [-0.2, 0) is 32.6 Å². The zero-order valence-corrected chi connectivity index (χ0v) is 25.5. The van der Waals surface area contributed by atoms with Crippen LogP contribution in [0.1, 0.15) is 36.8 Å². The molecular formula is C30H33BrClN3O4S. The van der Waals surface area contributed by atoms with Gasteiger partial charge in [0.05, 0.1) is 11.9 Å². The van der Waals surface area contributed by atoms with Crippen molar-refractivity contribution in [3.05, 3.63) is 99.5 Å². The van der Waals surface area contributed by atoms with E-state index in [1.54, 1.807) is 48.5 Å². The third-order valence-corrected chi connectivity index (χ3v) is 8.95. The van der Waals surface area contributed by atoms with E-state index in [1.165, 1.54) is 4.90 Å². The first-order chi connectivity index (χ1) is 19.1. The standard InChI is InChI=1S/C30H33BrClN3O4S/c1-40(38,39)35(27-17-13-24(31)14-18-27)21-29(36)34(20-23-11-15-25(32)16-12-23)28(19-22-7-3-2-4-8-22)30(37)33-26-9-5-6-10-26/h2-4,7-8,11-18,26,28H,5-6,9-10,19-21H2,1H3,(H,33,37)/t28-/m0/s1. The van der Waals surface area contributed by atoms with E-state index < -0.39 is 28.5 Å². The molecule has 3 aromatic rings. The first-order valence-electron chi connectivity index (χ1n) is 13.2. The van der Waals surface area contributed by atoms with Crippen molar-refractivity contribution in [2.75, 3.05) is 17.1 Å². The molecule has 0 heterocycles. The number of amides is 2. The Kier molecular flexibility index (Phi) is 10.3. The van der Waals surface area contributed by atoms with Crippen molar-refractivity contribution in [3.63, 3.8) is 0 Å². The van der Waals surface area contributed by atoms with E-state index in [1.807, 2.05) is 30.3 Å². The van der Waals surface area contributed by atoms with Crippen molar-refractivity contribution in [1.29, 1.82) is 0 Å². The summed E-state index contributed by atoms with van der Waals surface area (Å²) in [5.41, 5.74) is 2.04. The maximum Gasteiger partial charge on any atom is 0.244 e. The van der Waals surface area contributed by atoms with Crippen molar-refractivity contribution >= 4 is 55.1 Å². The lowest BCUT2D eigenvalue weighted by molar-refractivity contribution is -0.140. The first-order valence-corrected chi connectivity index (χ1v) is 16.2. The average molecular weight is 647 g/mol. The van der Waals surface area contributed by atoms with Crippen LogP contribution >= 0.6 is 27.5 Å². The summed E-state index contributed by atoms with van der Waals surface area (Å²) in [4.78, 5) is 29.4. The molecule has 2 amide bonds. The molecule has 0 spiro atoms. The number of carbonyl (C=O) groups excluding carboxylic acids is 2. The molecule has 0 radical (unpaired) electrons. The molecule has 4 rings (SSSR count). The third-order valence-electron chi connectivity index (χ3n) is 7.03. The van der Waals surface area contributed by atoms with Crippen LogP contribution in [0.4, 0.5) is 5.69 Å². The molecule has 1 atom stereocenters. The summed E-state index contributed by atoms with van der Waals surface area (Å²) in [6.45, 7) is -0.334. The molecule has 1 aliphatic rings. The highest BCUT2D eigenvalue weighted by Crippen LogP contribution is 2.24. The summed E-state index contributed by atoms with van der Waals surface area (Å²) in [6, 6.07) is 22.5. The molecule has 1 aliphatic carbocycles. The molecule has 3 aromatic carbocycles. The number of anilines is 1. The van der Waals surface area contributed by atoms with Crippen LogP contribution in [0.3, 0.4) is 0 Å². The second kappa shape index (κ2) is 13.7. The number of hydrogen-bond donors (Lipinski definition) is 1. The van der Waals surface area contributed by atoms with Gasteiger partial charge in [-0.2, -0.15) is 0 Å². The lowest BCUT2D eigenvalue weighted by Crippen LogP contribution is -2.54. The predicted octanol–water partition coefficient (Wildman–Crippen LogP) is 5.57. The Balaban J connectivity index is 1.71. The summed E-state index contributed by atoms with van der Waals surface area (Å²) in [5, 5.41) is 3.72. The molecule has 1 N–H and O–H groups in total. The molecule has 0 aliphatic heterocycles. The van der Waals surface area contributed by atoms with Crippen LogP contribution in [-0.4, -0.2) is 50.0 Å². The van der Waals surface area contributed by atoms with E-state index >= 15 is 0 Å². The second-order valence-electron chi connectivity index (χ2n) is 10.1. The lowest BCUT2D eigenvalue weighted by Gasteiger charge is -2.34. The van der Waals surface area contributed by atoms with Crippen LogP contribution in [0, 0.1) is 0 Å². The van der Waals surface area contributed by atoms with Gasteiger partial charge in [-0.05, 0) is 60.4 Å². The Labute approximate surface area is 249 Å². The van der Waals surface area contributed by atoms with Gasteiger partial charge in [0.15, 0.2) is 0 Å². The van der Waals surface area contributed by atoms with Gasteiger partial charge in [-0.3, -0.25) is 13.9 Å². The summed E-state index contributed by atoms with van der Waals surface area (Å²) in [6.07, 6.45) is 5.27. The first kappa shape index (κ1) is 30.1. The minimum absolute atomic E-state index is 0.0635. The molecule has 0 unspecified atom stereocenters. The van der Waals surface area contributed by atoms with Crippen molar-refractivity contribution < 1.29 is 18.0 Å². The highest BCUT2D eigenvalue weighted by molar-refractivity contribution is 9.10. The van der Waals surface area contributed by atoms with Gasteiger partial charge >= 0.3 is 0 Å². The van der Waals surface area contributed by atoms with Gasteiger partial charge in [-0.25, -0.2) is 8.42 Å². The largest absolute Gasteiger partial charge is 0.352 e. The van der Waals surface area contributed by atoms with E-state index in [9.17, 15) is 18.0 Å². The van der Waals surface area contributed by atoms with Gasteiger partial charge in [0.2, 0.25) is 21.8 Å². The Morgan fingerprint density at radius 1 is 0.950 bits per heavy atom. The van der Waals surface area contributed by atoms with Gasteiger partial charge in [0, 0.05) is 28.5 Å². The van der Waals surface area contributed by atoms with Crippen LogP contribution in [0.5, 0.6) is 0 Å². The van der Waals surface area contributed by atoms with E-state index in [0.717, 1.165) is 51.8 Å². The van der Waals surface area contributed by atoms with Gasteiger partial charge in [-0.1, -0.05) is 82.8 Å². The molecule has 0 bridgehead atoms. The molecule has 10 heteroatoms. The minimum atomic E-state index is -3.81. The van der Waals surface area contributed by atoms with Gasteiger partial charge < -0.3 is 10.2 Å². The summed E-state index contributed by atoms with van der Waals surface area (Å²) in [5.74, 6) is -0.724. The summed E-state index contributed by atoms with van der Waals surface area (Å²) >= 11 is 9.47. The van der Waals surface area contributed by atoms with Crippen molar-refractivity contribution in [2.24, 2.45) is 0 Å². The quantitative estimate of drug-likeness (QED) is 0.295. The Bertz CT molecular complexity index is 1400. The van der Waals surface area contributed by atoms with Crippen LogP contribution in [0.2, 0.25) is 5.02 Å². The topological polar surface area (TPSA) is 86.8 Å². The lowest BCUT2D eigenvalue weighted by atomic mass is 10.0. The van der Waals surface area contributed by atoms with E-state index in [0.29, 0.717) is 10.7 Å². The molecule has 7 nitrogen and oxygen atoms in total. The maximum absolute atomic E-state index is 14.1. The number of halogens is 2. The fourth-order valence-corrected chi connectivity index (χ4v) is 6.17. The second-order valence-corrected chi connectivity index (χ2v) is 13.3. The van der Waals surface area contributed by atoms with Gasteiger partial charge in [0.25, 0.3) is 0 Å². The van der Waals surface area contributed by atoms with E-state index in [2.05, 4.69) is 21.2 Å². The monoisotopic (exact) mass is 645 g/mol. The smallest absolute Gasteiger partial charge is 0.244 e. The molecule has 212 valence electrons. The van der Waals surface area contributed by atoms with Gasteiger partial charge in [0.1, 0.15) is 12.6 Å². The number of carbonyl (C=O) groups is 2. The minimum Gasteiger partial charge on any atom is -0.352 e. The SMILES string of the molecule is CS(=O)(=O)N(CC(=O)N(Cc1ccc(Cl)cc1)[C@@H](Cc1ccccc1)C(=O)NC1CCCC1)c1ccc(Br)cc1. The average Bonchev–Trinajstić information content (AvgIpc) is 3.44.